The van der Waals surface area contributed by atoms with E-state index in [1.54, 1.807) is 7.05 Å². The molecule has 152 valence electrons. The third kappa shape index (κ3) is 7.53. The molecule has 0 bridgehead atoms. The van der Waals surface area contributed by atoms with E-state index in [1.165, 1.54) is 12.8 Å². The highest BCUT2D eigenvalue weighted by atomic mass is 127. The second kappa shape index (κ2) is 12.4. The summed E-state index contributed by atoms with van der Waals surface area (Å²) in [5, 5.41) is 6.52. The zero-order valence-corrected chi connectivity index (χ0v) is 18.6. The molecule has 0 unspecified atom stereocenters. The Balaban J connectivity index is 0.00000280. The zero-order valence-electron chi connectivity index (χ0n) is 16.3. The number of halogens is 1. The summed E-state index contributed by atoms with van der Waals surface area (Å²) < 4.78 is 11.6. The first-order valence-electron chi connectivity index (χ1n) is 9.57. The molecule has 0 atom stereocenters. The predicted molar refractivity (Wildman–Crippen MR) is 123 cm³/mol. The topological polar surface area (TPSA) is 67.8 Å². The Morgan fingerprint density at radius 1 is 1.11 bits per heavy atom. The molecule has 28 heavy (non-hydrogen) atoms. The Morgan fingerprint density at radius 3 is 2.57 bits per heavy atom. The predicted octanol–water partition coefficient (Wildman–Crippen LogP) is 3.77. The molecule has 0 amide bonds. The third-order valence-corrected chi connectivity index (χ3v) is 4.48. The van der Waals surface area contributed by atoms with Crippen LogP contribution in [0.2, 0.25) is 0 Å². The second-order valence-corrected chi connectivity index (χ2v) is 6.54. The smallest absolute Gasteiger partial charge is 0.213 e. The van der Waals surface area contributed by atoms with Crippen molar-refractivity contribution in [3.63, 3.8) is 0 Å². The van der Waals surface area contributed by atoms with E-state index in [1.807, 2.05) is 48.7 Å². The number of rotatable bonds is 8. The molecule has 0 saturated heterocycles. The number of benzene rings is 1. The highest BCUT2D eigenvalue weighted by Gasteiger charge is 2.16. The van der Waals surface area contributed by atoms with Gasteiger partial charge in [0.2, 0.25) is 5.88 Å². The number of aliphatic imine (C=N–C) groups is 1. The molecule has 0 aliphatic heterocycles. The summed E-state index contributed by atoms with van der Waals surface area (Å²) in [6, 6.07) is 13.8. The fourth-order valence-electron chi connectivity index (χ4n) is 3.02. The van der Waals surface area contributed by atoms with Crippen LogP contribution in [-0.2, 0) is 6.54 Å². The summed E-state index contributed by atoms with van der Waals surface area (Å²) in [4.78, 5) is 8.64. The number of hydrogen-bond donors (Lipinski definition) is 2. The maximum absolute atomic E-state index is 5.90. The van der Waals surface area contributed by atoms with Gasteiger partial charge in [-0.05, 0) is 43.4 Å². The maximum atomic E-state index is 5.90. The van der Waals surface area contributed by atoms with E-state index in [-0.39, 0.29) is 24.0 Å². The van der Waals surface area contributed by atoms with Crippen LogP contribution in [0.3, 0.4) is 0 Å². The molecule has 1 saturated carbocycles. The van der Waals surface area contributed by atoms with Crippen LogP contribution in [0.15, 0.2) is 53.7 Å². The molecule has 1 aliphatic rings. The minimum Gasteiger partial charge on any atom is -0.492 e. The van der Waals surface area contributed by atoms with Gasteiger partial charge in [0.25, 0.3) is 0 Å². The SMILES string of the molecule is CN=C(NCCOc1ccccc1)NCc1ccc(OC2CCCC2)nc1.I. The van der Waals surface area contributed by atoms with Gasteiger partial charge < -0.3 is 20.1 Å². The van der Waals surface area contributed by atoms with Gasteiger partial charge >= 0.3 is 0 Å². The number of nitrogens with one attached hydrogen (secondary N) is 2. The lowest BCUT2D eigenvalue weighted by Gasteiger charge is -2.14. The molecule has 6 nitrogen and oxygen atoms in total. The lowest BCUT2D eigenvalue weighted by molar-refractivity contribution is 0.201. The van der Waals surface area contributed by atoms with Gasteiger partial charge in [-0.2, -0.15) is 0 Å². The number of aromatic nitrogens is 1. The molecule has 1 aromatic carbocycles. The molecule has 2 N–H and O–H groups in total. The van der Waals surface area contributed by atoms with Crippen molar-refractivity contribution in [2.24, 2.45) is 4.99 Å². The molecule has 0 spiro atoms. The van der Waals surface area contributed by atoms with Crippen molar-refractivity contribution in [3.8, 4) is 11.6 Å². The Morgan fingerprint density at radius 2 is 1.89 bits per heavy atom. The Bertz CT molecular complexity index is 704. The molecule has 2 aromatic rings. The van der Waals surface area contributed by atoms with Crippen LogP contribution in [0.25, 0.3) is 0 Å². The first kappa shape index (κ1) is 22.3. The van der Waals surface area contributed by atoms with E-state index in [0.717, 1.165) is 30.1 Å². The van der Waals surface area contributed by atoms with E-state index in [4.69, 9.17) is 9.47 Å². The summed E-state index contributed by atoms with van der Waals surface area (Å²) >= 11 is 0. The van der Waals surface area contributed by atoms with Crippen LogP contribution in [-0.4, -0.2) is 37.2 Å². The fraction of sp³-hybridized carbons (Fsp3) is 0.429. The van der Waals surface area contributed by atoms with Crippen LogP contribution in [0, 0.1) is 0 Å². The van der Waals surface area contributed by atoms with Crippen molar-refractivity contribution in [2.75, 3.05) is 20.2 Å². The Labute approximate surface area is 184 Å². The van der Waals surface area contributed by atoms with Gasteiger partial charge in [-0.25, -0.2) is 4.98 Å². The van der Waals surface area contributed by atoms with Crippen LogP contribution in [0.4, 0.5) is 0 Å². The fourth-order valence-corrected chi connectivity index (χ4v) is 3.02. The van der Waals surface area contributed by atoms with Crippen LogP contribution in [0.1, 0.15) is 31.2 Å². The number of para-hydroxylation sites is 1. The van der Waals surface area contributed by atoms with Gasteiger partial charge in [0.15, 0.2) is 5.96 Å². The largest absolute Gasteiger partial charge is 0.492 e. The van der Waals surface area contributed by atoms with E-state index >= 15 is 0 Å². The van der Waals surface area contributed by atoms with E-state index < -0.39 is 0 Å². The van der Waals surface area contributed by atoms with Crippen molar-refractivity contribution in [3.05, 3.63) is 54.2 Å². The van der Waals surface area contributed by atoms with Crippen LogP contribution in [0.5, 0.6) is 11.6 Å². The van der Waals surface area contributed by atoms with Gasteiger partial charge in [-0.15, -0.1) is 24.0 Å². The van der Waals surface area contributed by atoms with Gasteiger partial charge in [0.1, 0.15) is 18.5 Å². The summed E-state index contributed by atoms with van der Waals surface area (Å²) in [5.74, 6) is 2.32. The molecule has 1 fully saturated rings. The average molecular weight is 496 g/mol. The number of pyridine rings is 1. The lowest BCUT2D eigenvalue weighted by Crippen LogP contribution is -2.38. The van der Waals surface area contributed by atoms with Gasteiger partial charge in [0, 0.05) is 25.9 Å². The van der Waals surface area contributed by atoms with E-state index in [9.17, 15) is 0 Å². The average Bonchev–Trinajstić information content (AvgIpc) is 3.22. The highest BCUT2D eigenvalue weighted by molar-refractivity contribution is 14.0. The van der Waals surface area contributed by atoms with Crippen LogP contribution >= 0.6 is 24.0 Å². The van der Waals surface area contributed by atoms with Crippen LogP contribution < -0.4 is 20.1 Å². The van der Waals surface area contributed by atoms with E-state index in [0.29, 0.717) is 31.7 Å². The van der Waals surface area contributed by atoms with Crippen molar-refractivity contribution in [1.82, 2.24) is 15.6 Å². The Kier molecular flexibility index (Phi) is 9.88. The summed E-state index contributed by atoms with van der Waals surface area (Å²) in [6.07, 6.45) is 6.98. The first-order valence-corrected chi connectivity index (χ1v) is 9.57. The minimum atomic E-state index is 0. The lowest BCUT2D eigenvalue weighted by atomic mass is 10.3. The molecule has 1 aliphatic carbocycles. The minimum absolute atomic E-state index is 0. The Hall–Kier alpha value is -2.03. The molecule has 1 aromatic heterocycles. The van der Waals surface area contributed by atoms with Gasteiger partial charge in [-0.3, -0.25) is 4.99 Å². The number of nitrogens with zero attached hydrogens (tertiary/aromatic N) is 2. The zero-order chi connectivity index (χ0) is 18.7. The van der Waals surface area contributed by atoms with Crippen molar-refractivity contribution in [1.29, 1.82) is 0 Å². The molecule has 7 heteroatoms. The summed E-state index contributed by atoms with van der Waals surface area (Å²) in [5.41, 5.74) is 1.08. The van der Waals surface area contributed by atoms with Crippen molar-refractivity contribution >= 4 is 29.9 Å². The molecule has 1 heterocycles. The molecule has 0 radical (unpaired) electrons. The maximum Gasteiger partial charge on any atom is 0.213 e. The molecular formula is C21H29IN4O2. The summed E-state index contributed by atoms with van der Waals surface area (Å²) in [7, 11) is 1.75. The monoisotopic (exact) mass is 496 g/mol. The molecule has 3 rings (SSSR count). The molecular weight excluding hydrogens is 467 g/mol. The van der Waals surface area contributed by atoms with Crippen molar-refractivity contribution < 1.29 is 9.47 Å². The van der Waals surface area contributed by atoms with Gasteiger partial charge in [-0.1, -0.05) is 24.3 Å². The number of ether oxygens (including phenoxy) is 2. The first-order chi connectivity index (χ1) is 13.3. The van der Waals surface area contributed by atoms with Gasteiger partial charge in [0.05, 0.1) is 6.54 Å². The van der Waals surface area contributed by atoms with E-state index in [2.05, 4.69) is 20.6 Å². The number of guanidine groups is 1. The second-order valence-electron chi connectivity index (χ2n) is 6.54. The summed E-state index contributed by atoms with van der Waals surface area (Å²) in [6.45, 7) is 1.89. The van der Waals surface area contributed by atoms with Crippen molar-refractivity contribution in [2.45, 2.75) is 38.3 Å². The normalized spacial score (nSPS) is 14.2. The number of hydrogen-bond acceptors (Lipinski definition) is 4. The standard InChI is InChI=1S/C21H28N4O2.HI/c1-22-21(23-13-14-26-18-7-3-2-4-8-18)25-16-17-11-12-20(24-15-17)27-19-9-5-6-10-19;/h2-4,7-8,11-12,15,19H,5-6,9-10,13-14,16H2,1H3,(H2,22,23,25);1H. The third-order valence-electron chi connectivity index (χ3n) is 4.48. The highest BCUT2D eigenvalue weighted by Crippen LogP contribution is 2.22. The quantitative estimate of drug-likeness (QED) is 0.252.